The van der Waals surface area contributed by atoms with Crippen LogP contribution in [0.15, 0.2) is 83.8 Å². The number of amides is 1. The van der Waals surface area contributed by atoms with E-state index in [2.05, 4.69) is 12.1 Å². The number of fused-ring (bicyclic) bond motifs is 3. The van der Waals surface area contributed by atoms with Crippen molar-refractivity contribution < 1.29 is 9.53 Å². The number of nitrogens with zero attached hydrogens (tertiary/aromatic N) is 4. The highest BCUT2D eigenvalue weighted by atomic mass is 35.5. The summed E-state index contributed by atoms with van der Waals surface area (Å²) in [5, 5.41) is 5.47. The van der Waals surface area contributed by atoms with Crippen molar-refractivity contribution in [2.24, 2.45) is 0 Å². The van der Waals surface area contributed by atoms with E-state index in [0.29, 0.717) is 47.1 Å². The van der Waals surface area contributed by atoms with Gasteiger partial charge in [-0.2, -0.15) is 5.10 Å². The minimum atomic E-state index is -0.170. The summed E-state index contributed by atoms with van der Waals surface area (Å²) in [4.78, 5) is 29.2. The van der Waals surface area contributed by atoms with Gasteiger partial charge in [0.05, 0.1) is 42.1 Å². The van der Waals surface area contributed by atoms with Crippen molar-refractivity contribution in [3.63, 3.8) is 0 Å². The van der Waals surface area contributed by atoms with Gasteiger partial charge < -0.3 is 9.64 Å². The topological polar surface area (TPSA) is 68.8 Å². The predicted molar refractivity (Wildman–Crippen MR) is 156 cm³/mol. The van der Waals surface area contributed by atoms with E-state index in [1.807, 2.05) is 57.7 Å². The molecule has 202 valence electrons. The molecule has 0 saturated carbocycles. The zero-order valence-corrected chi connectivity index (χ0v) is 23.3. The fourth-order valence-electron chi connectivity index (χ4n) is 5.28. The second kappa shape index (κ2) is 10.8. The number of benzene rings is 3. The third-order valence-electron chi connectivity index (χ3n) is 7.34. The Labute approximate surface area is 241 Å². The van der Waals surface area contributed by atoms with Crippen LogP contribution in [0, 0.1) is 0 Å². The maximum atomic E-state index is 14.0. The smallest absolute Gasteiger partial charge is 0.257 e. The SMILES string of the molecule is COc1ccc(Cn2c(=O)c3c(n4ncc(Cc5ccccc5)c24)CN(C(=O)c2ccc(Cl)c(Cl)c2)CC3)cc1. The van der Waals surface area contributed by atoms with Crippen molar-refractivity contribution >= 4 is 34.8 Å². The number of hydrogen-bond donors (Lipinski definition) is 0. The molecule has 1 aliphatic heterocycles. The van der Waals surface area contributed by atoms with Crippen molar-refractivity contribution in [2.75, 3.05) is 13.7 Å². The molecule has 40 heavy (non-hydrogen) atoms. The quantitative estimate of drug-likeness (QED) is 0.264. The lowest BCUT2D eigenvalue weighted by Gasteiger charge is -2.30. The third kappa shape index (κ3) is 4.87. The summed E-state index contributed by atoms with van der Waals surface area (Å²) in [7, 11) is 1.63. The molecule has 1 aliphatic rings. The Kier molecular flexibility index (Phi) is 7.09. The van der Waals surface area contributed by atoms with Crippen LogP contribution in [0.3, 0.4) is 0 Å². The Hall–Kier alpha value is -4.07. The van der Waals surface area contributed by atoms with Crippen LogP contribution in [0.4, 0.5) is 0 Å². The van der Waals surface area contributed by atoms with Crippen LogP contribution < -0.4 is 10.3 Å². The molecule has 0 bridgehead atoms. The highest BCUT2D eigenvalue weighted by molar-refractivity contribution is 6.42. The lowest BCUT2D eigenvalue weighted by Crippen LogP contribution is -2.41. The molecule has 0 atom stereocenters. The second-order valence-electron chi connectivity index (χ2n) is 9.84. The van der Waals surface area contributed by atoms with Crippen molar-refractivity contribution in [1.82, 2.24) is 19.1 Å². The standard InChI is InChI=1S/C31H26Cl2N4O3/c1-40-24-10-7-21(8-11-24)18-36-29-23(15-20-5-3-2-4-6-20)17-34-37(29)28-19-35(14-13-25(28)31(36)39)30(38)22-9-12-26(32)27(33)16-22/h2-12,16-17H,13-15,18-19H2,1H3. The average Bonchev–Trinajstić information content (AvgIpc) is 3.40. The van der Waals surface area contributed by atoms with Crippen LogP contribution in [-0.2, 0) is 25.9 Å². The summed E-state index contributed by atoms with van der Waals surface area (Å²) < 4.78 is 8.95. The summed E-state index contributed by atoms with van der Waals surface area (Å²) in [6.45, 7) is 1.06. The van der Waals surface area contributed by atoms with Crippen LogP contribution in [0.2, 0.25) is 10.0 Å². The maximum absolute atomic E-state index is 14.0. The molecule has 3 aromatic carbocycles. The van der Waals surface area contributed by atoms with Crippen LogP contribution in [0.25, 0.3) is 5.65 Å². The van der Waals surface area contributed by atoms with E-state index in [-0.39, 0.29) is 18.0 Å². The molecule has 6 rings (SSSR count). The zero-order valence-electron chi connectivity index (χ0n) is 21.8. The summed E-state index contributed by atoms with van der Waals surface area (Å²) in [6, 6.07) is 22.7. The highest BCUT2D eigenvalue weighted by Crippen LogP contribution is 2.26. The Morgan fingerprint density at radius 1 is 0.975 bits per heavy atom. The molecule has 9 heteroatoms. The van der Waals surface area contributed by atoms with Crippen molar-refractivity contribution in [3.8, 4) is 5.75 Å². The summed E-state index contributed by atoms with van der Waals surface area (Å²) in [5.74, 6) is 0.587. The average molecular weight is 573 g/mol. The van der Waals surface area contributed by atoms with Gasteiger partial charge in [0.2, 0.25) is 0 Å². The van der Waals surface area contributed by atoms with Gasteiger partial charge >= 0.3 is 0 Å². The number of hydrogen-bond acceptors (Lipinski definition) is 4. The molecule has 0 spiro atoms. The Balaban J connectivity index is 1.44. The van der Waals surface area contributed by atoms with Crippen LogP contribution in [0.5, 0.6) is 5.75 Å². The van der Waals surface area contributed by atoms with E-state index in [0.717, 1.165) is 33.8 Å². The second-order valence-corrected chi connectivity index (χ2v) is 10.7. The Morgan fingerprint density at radius 3 is 2.48 bits per heavy atom. The van der Waals surface area contributed by atoms with Gasteiger partial charge in [-0.05, 0) is 47.9 Å². The molecule has 1 amide bonds. The fraction of sp³-hybridized carbons (Fsp3) is 0.194. The predicted octanol–water partition coefficient (Wildman–Crippen LogP) is 5.65. The first-order valence-corrected chi connectivity index (χ1v) is 13.7. The van der Waals surface area contributed by atoms with E-state index in [1.54, 1.807) is 30.2 Å². The summed E-state index contributed by atoms with van der Waals surface area (Å²) in [5.41, 5.74) is 5.55. The van der Waals surface area contributed by atoms with Gasteiger partial charge in [0.25, 0.3) is 11.5 Å². The first-order chi connectivity index (χ1) is 19.4. The van der Waals surface area contributed by atoms with Gasteiger partial charge in [-0.25, -0.2) is 4.52 Å². The molecular formula is C31H26Cl2N4O3. The molecule has 0 saturated heterocycles. The lowest BCUT2D eigenvalue weighted by molar-refractivity contribution is 0.0729. The molecule has 0 N–H and O–H groups in total. The first-order valence-electron chi connectivity index (χ1n) is 13.0. The number of methoxy groups -OCH3 is 1. The molecule has 2 aromatic heterocycles. The maximum Gasteiger partial charge on any atom is 0.257 e. The van der Waals surface area contributed by atoms with Crippen LogP contribution >= 0.6 is 23.2 Å². The van der Waals surface area contributed by atoms with Crippen LogP contribution in [0.1, 0.15) is 38.3 Å². The van der Waals surface area contributed by atoms with Gasteiger partial charge in [-0.3, -0.25) is 14.2 Å². The Bertz CT molecular complexity index is 1780. The van der Waals surface area contributed by atoms with Gasteiger partial charge in [-0.15, -0.1) is 0 Å². The number of rotatable bonds is 6. The fourth-order valence-corrected chi connectivity index (χ4v) is 5.58. The molecule has 3 heterocycles. The highest BCUT2D eigenvalue weighted by Gasteiger charge is 2.29. The summed E-state index contributed by atoms with van der Waals surface area (Å²) >= 11 is 12.2. The molecule has 5 aromatic rings. The van der Waals surface area contributed by atoms with E-state index < -0.39 is 0 Å². The molecule has 0 radical (unpaired) electrons. The van der Waals surface area contributed by atoms with Gasteiger partial charge in [-0.1, -0.05) is 65.7 Å². The zero-order chi connectivity index (χ0) is 27.8. The van der Waals surface area contributed by atoms with Crippen LogP contribution in [-0.4, -0.2) is 38.6 Å². The van der Waals surface area contributed by atoms with Gasteiger partial charge in [0.15, 0.2) is 0 Å². The monoisotopic (exact) mass is 572 g/mol. The minimum Gasteiger partial charge on any atom is -0.497 e. The molecule has 0 aliphatic carbocycles. The van der Waals surface area contributed by atoms with E-state index in [9.17, 15) is 9.59 Å². The van der Waals surface area contributed by atoms with Crippen molar-refractivity contribution in [3.05, 3.63) is 133 Å². The normalized spacial score (nSPS) is 12.9. The van der Waals surface area contributed by atoms with Gasteiger partial charge in [0.1, 0.15) is 11.4 Å². The number of aromatic nitrogens is 3. The number of carbonyl (C=O) groups excluding carboxylic acids is 1. The molecule has 0 fully saturated rings. The molecule has 7 nitrogen and oxygen atoms in total. The largest absolute Gasteiger partial charge is 0.497 e. The van der Waals surface area contributed by atoms with E-state index in [4.69, 9.17) is 33.0 Å². The van der Waals surface area contributed by atoms with Gasteiger partial charge in [0, 0.05) is 29.7 Å². The molecule has 0 unspecified atom stereocenters. The third-order valence-corrected chi connectivity index (χ3v) is 8.08. The Morgan fingerprint density at radius 2 is 1.75 bits per heavy atom. The number of halogens is 2. The lowest BCUT2D eigenvalue weighted by atomic mass is 10.0. The molecular weight excluding hydrogens is 547 g/mol. The number of carbonyl (C=O) groups is 1. The van der Waals surface area contributed by atoms with E-state index >= 15 is 0 Å². The van der Waals surface area contributed by atoms with Crippen molar-refractivity contribution in [1.29, 1.82) is 0 Å². The first kappa shape index (κ1) is 26.2. The van der Waals surface area contributed by atoms with Crippen molar-refractivity contribution in [2.45, 2.75) is 25.9 Å². The minimum absolute atomic E-state index is 0.0604. The number of ether oxygens (including phenoxy) is 1. The van der Waals surface area contributed by atoms with E-state index in [1.165, 1.54) is 0 Å². The summed E-state index contributed by atoms with van der Waals surface area (Å²) in [6.07, 6.45) is 2.87.